The Labute approximate surface area is 150 Å². The summed E-state index contributed by atoms with van der Waals surface area (Å²) < 4.78 is 0. The molecule has 3 rings (SSSR count). The van der Waals surface area contributed by atoms with Crippen molar-refractivity contribution in [3.63, 3.8) is 0 Å². The van der Waals surface area contributed by atoms with Gasteiger partial charge in [0.05, 0.1) is 17.4 Å². The summed E-state index contributed by atoms with van der Waals surface area (Å²) in [5.74, 6) is -0.225. The number of amides is 2. The average Bonchev–Trinajstić information content (AvgIpc) is 3.17. The Morgan fingerprint density at radius 2 is 2.04 bits per heavy atom. The van der Waals surface area contributed by atoms with Crippen molar-refractivity contribution in [2.45, 2.75) is 31.7 Å². The lowest BCUT2D eigenvalue weighted by molar-refractivity contribution is -0.121. The number of carbonyl (C=O) groups excluding carboxylic acids is 2. The van der Waals surface area contributed by atoms with Crippen LogP contribution in [0.25, 0.3) is 0 Å². The summed E-state index contributed by atoms with van der Waals surface area (Å²) in [4.78, 5) is 27.7. The molecule has 1 N–H and O–H groups in total. The number of likely N-dealkylation sites (tertiary alicyclic amines) is 1. The molecule has 0 aliphatic carbocycles. The van der Waals surface area contributed by atoms with E-state index in [2.05, 4.69) is 11.4 Å². The van der Waals surface area contributed by atoms with E-state index < -0.39 is 6.04 Å². The Morgan fingerprint density at radius 1 is 1.24 bits per heavy atom. The van der Waals surface area contributed by atoms with E-state index in [9.17, 15) is 9.59 Å². The SMILES string of the molecule is N#CCc1ccc(NC(=O)[C@H]2CCCCN2C(=O)c2cccs2)cc1. The number of hydrogen-bond acceptors (Lipinski definition) is 4. The fourth-order valence-corrected chi connectivity index (χ4v) is 3.69. The van der Waals surface area contributed by atoms with Crippen LogP contribution in [-0.2, 0) is 11.2 Å². The Morgan fingerprint density at radius 3 is 2.72 bits per heavy atom. The van der Waals surface area contributed by atoms with Crippen LogP contribution in [0.15, 0.2) is 41.8 Å². The highest BCUT2D eigenvalue weighted by atomic mass is 32.1. The number of nitrogens with zero attached hydrogens (tertiary/aromatic N) is 2. The Kier molecular flexibility index (Phi) is 5.46. The van der Waals surface area contributed by atoms with Crippen LogP contribution in [0, 0.1) is 11.3 Å². The molecule has 1 atom stereocenters. The maximum atomic E-state index is 12.7. The number of anilines is 1. The van der Waals surface area contributed by atoms with Gasteiger partial charge >= 0.3 is 0 Å². The Bertz CT molecular complexity index is 778. The van der Waals surface area contributed by atoms with Gasteiger partial charge in [-0.15, -0.1) is 11.3 Å². The molecule has 6 heteroatoms. The van der Waals surface area contributed by atoms with E-state index in [-0.39, 0.29) is 11.8 Å². The predicted molar refractivity (Wildman–Crippen MR) is 97.4 cm³/mol. The van der Waals surface area contributed by atoms with E-state index in [4.69, 9.17) is 5.26 Å². The van der Waals surface area contributed by atoms with Gasteiger partial charge in [-0.05, 0) is 48.4 Å². The maximum Gasteiger partial charge on any atom is 0.264 e. The van der Waals surface area contributed by atoms with Crippen LogP contribution in [-0.4, -0.2) is 29.3 Å². The van der Waals surface area contributed by atoms with Gasteiger partial charge in [0.25, 0.3) is 5.91 Å². The molecule has 1 aliphatic heterocycles. The van der Waals surface area contributed by atoms with Crippen molar-refractivity contribution in [3.8, 4) is 6.07 Å². The van der Waals surface area contributed by atoms with Crippen LogP contribution < -0.4 is 5.32 Å². The molecule has 1 saturated heterocycles. The lowest BCUT2D eigenvalue weighted by Gasteiger charge is -2.34. The van der Waals surface area contributed by atoms with Gasteiger partial charge in [0, 0.05) is 12.2 Å². The van der Waals surface area contributed by atoms with E-state index in [0.717, 1.165) is 18.4 Å². The summed E-state index contributed by atoms with van der Waals surface area (Å²) in [6.45, 7) is 0.607. The third-order valence-corrected chi connectivity index (χ3v) is 5.16. The van der Waals surface area contributed by atoms with E-state index >= 15 is 0 Å². The van der Waals surface area contributed by atoms with Gasteiger partial charge in [0.1, 0.15) is 6.04 Å². The van der Waals surface area contributed by atoms with Crippen molar-refractivity contribution in [2.24, 2.45) is 0 Å². The Balaban J connectivity index is 1.70. The van der Waals surface area contributed by atoms with Gasteiger partial charge < -0.3 is 10.2 Å². The molecule has 1 aliphatic rings. The van der Waals surface area contributed by atoms with Gasteiger partial charge in [-0.1, -0.05) is 18.2 Å². The summed E-state index contributed by atoms with van der Waals surface area (Å²) >= 11 is 1.40. The van der Waals surface area contributed by atoms with Crippen molar-refractivity contribution < 1.29 is 9.59 Å². The van der Waals surface area contributed by atoms with Crippen molar-refractivity contribution in [2.75, 3.05) is 11.9 Å². The van der Waals surface area contributed by atoms with Crippen molar-refractivity contribution in [3.05, 3.63) is 52.2 Å². The molecule has 128 valence electrons. The largest absolute Gasteiger partial charge is 0.326 e. The molecule has 0 spiro atoms. The minimum absolute atomic E-state index is 0.0702. The number of benzene rings is 1. The summed E-state index contributed by atoms with van der Waals surface area (Å²) in [5, 5.41) is 13.5. The number of thiophene rings is 1. The number of nitrogens with one attached hydrogen (secondary N) is 1. The van der Waals surface area contributed by atoms with Crippen LogP contribution in [0.3, 0.4) is 0 Å². The molecule has 2 heterocycles. The van der Waals surface area contributed by atoms with Crippen LogP contribution in [0.4, 0.5) is 5.69 Å². The van der Waals surface area contributed by atoms with Crippen molar-refractivity contribution in [1.29, 1.82) is 5.26 Å². The zero-order valence-electron chi connectivity index (χ0n) is 13.8. The first-order chi connectivity index (χ1) is 12.2. The van der Waals surface area contributed by atoms with Gasteiger partial charge in [-0.25, -0.2) is 0 Å². The van der Waals surface area contributed by atoms with Gasteiger partial charge in [-0.3, -0.25) is 9.59 Å². The van der Waals surface area contributed by atoms with Crippen LogP contribution in [0.5, 0.6) is 0 Å². The first-order valence-electron chi connectivity index (χ1n) is 8.30. The summed E-state index contributed by atoms with van der Waals surface area (Å²) in [6.07, 6.45) is 2.88. The molecule has 1 aromatic carbocycles. The molecule has 0 radical (unpaired) electrons. The van der Waals surface area contributed by atoms with Gasteiger partial charge in [0.15, 0.2) is 0 Å². The van der Waals surface area contributed by atoms with E-state index in [1.54, 1.807) is 23.1 Å². The van der Waals surface area contributed by atoms with Gasteiger partial charge in [-0.2, -0.15) is 5.26 Å². The second-order valence-corrected chi connectivity index (χ2v) is 6.96. The molecule has 0 saturated carbocycles. The van der Waals surface area contributed by atoms with E-state index in [0.29, 0.717) is 30.0 Å². The quantitative estimate of drug-likeness (QED) is 0.915. The minimum Gasteiger partial charge on any atom is -0.326 e. The highest BCUT2D eigenvalue weighted by Crippen LogP contribution is 2.23. The van der Waals surface area contributed by atoms with Crippen LogP contribution in [0.1, 0.15) is 34.5 Å². The first-order valence-corrected chi connectivity index (χ1v) is 9.18. The molecule has 0 bridgehead atoms. The fraction of sp³-hybridized carbons (Fsp3) is 0.316. The van der Waals surface area contributed by atoms with E-state index in [1.807, 2.05) is 23.6 Å². The highest BCUT2D eigenvalue weighted by molar-refractivity contribution is 7.12. The fourth-order valence-electron chi connectivity index (χ4n) is 3.01. The first kappa shape index (κ1) is 17.2. The number of carbonyl (C=O) groups is 2. The summed E-state index contributed by atoms with van der Waals surface area (Å²) in [6, 6.07) is 12.5. The Hall–Kier alpha value is -2.65. The molecular formula is C19H19N3O2S. The molecular weight excluding hydrogens is 334 g/mol. The zero-order valence-corrected chi connectivity index (χ0v) is 14.6. The summed E-state index contributed by atoms with van der Waals surface area (Å²) in [7, 11) is 0. The van der Waals surface area contributed by atoms with Gasteiger partial charge in [0.2, 0.25) is 5.91 Å². The lowest BCUT2D eigenvalue weighted by Crippen LogP contribution is -2.49. The molecule has 5 nitrogen and oxygen atoms in total. The molecule has 0 unspecified atom stereocenters. The smallest absolute Gasteiger partial charge is 0.264 e. The topological polar surface area (TPSA) is 73.2 Å². The molecule has 1 fully saturated rings. The predicted octanol–water partition coefficient (Wildman–Crippen LogP) is 3.45. The van der Waals surface area contributed by atoms with Crippen LogP contribution >= 0.6 is 11.3 Å². The normalized spacial score (nSPS) is 16.9. The van der Waals surface area contributed by atoms with Crippen molar-refractivity contribution in [1.82, 2.24) is 4.90 Å². The third kappa shape index (κ3) is 4.06. The molecule has 2 amide bonds. The monoisotopic (exact) mass is 353 g/mol. The second-order valence-electron chi connectivity index (χ2n) is 6.01. The maximum absolute atomic E-state index is 12.7. The lowest BCUT2D eigenvalue weighted by atomic mass is 10.0. The number of nitriles is 1. The number of hydrogen-bond donors (Lipinski definition) is 1. The molecule has 25 heavy (non-hydrogen) atoms. The molecule has 2 aromatic rings. The zero-order chi connectivity index (χ0) is 17.6. The van der Waals surface area contributed by atoms with E-state index in [1.165, 1.54) is 11.3 Å². The van der Waals surface area contributed by atoms with Crippen molar-refractivity contribution >= 4 is 28.8 Å². The highest BCUT2D eigenvalue weighted by Gasteiger charge is 2.33. The standard InChI is InChI=1S/C19H19N3O2S/c20-11-10-14-6-8-15(9-7-14)21-18(23)16-4-1-2-12-22(16)19(24)17-5-3-13-25-17/h3,5-9,13,16H,1-2,4,10,12H2,(H,21,23)/t16-/m1/s1. The second kappa shape index (κ2) is 7.95. The summed E-state index contributed by atoms with van der Waals surface area (Å²) in [5.41, 5.74) is 1.59. The average molecular weight is 353 g/mol. The number of rotatable bonds is 4. The molecule has 1 aromatic heterocycles. The number of piperidine rings is 1. The third-order valence-electron chi connectivity index (χ3n) is 4.30. The van der Waals surface area contributed by atoms with Crippen LogP contribution in [0.2, 0.25) is 0 Å². The minimum atomic E-state index is -0.442.